The highest BCUT2D eigenvalue weighted by Gasteiger charge is 2.35. The summed E-state index contributed by atoms with van der Waals surface area (Å²) in [5, 5.41) is 5.70. The zero-order chi connectivity index (χ0) is 18.7. The summed E-state index contributed by atoms with van der Waals surface area (Å²) in [7, 11) is 0. The number of piperidine rings is 1. The number of hydrazone groups is 1. The second-order valence-corrected chi connectivity index (χ2v) is 6.46. The third-order valence-corrected chi connectivity index (χ3v) is 4.84. The lowest BCUT2D eigenvalue weighted by Crippen LogP contribution is -2.42. The molecule has 1 saturated heterocycles. The normalized spacial score (nSPS) is 20.7. The van der Waals surface area contributed by atoms with Crippen molar-refractivity contribution in [3.8, 4) is 5.75 Å². The third kappa shape index (κ3) is 4.00. The molecule has 2 aliphatic heterocycles. The summed E-state index contributed by atoms with van der Waals surface area (Å²) < 4.78 is 28.9. The van der Waals surface area contributed by atoms with Gasteiger partial charge < -0.3 is 9.64 Å². The van der Waals surface area contributed by atoms with Crippen molar-refractivity contribution in [1.82, 2.24) is 9.91 Å². The summed E-state index contributed by atoms with van der Waals surface area (Å²) in [6.45, 7) is -0.180. The zero-order valence-electron chi connectivity index (χ0n) is 14.5. The van der Waals surface area contributed by atoms with E-state index >= 15 is 0 Å². The first kappa shape index (κ1) is 18.3. The van der Waals surface area contributed by atoms with E-state index in [1.807, 2.05) is 0 Å². The molecule has 0 spiro atoms. The molecule has 26 heavy (non-hydrogen) atoms. The minimum absolute atomic E-state index is 0.0269. The smallest absolute Gasteiger partial charge is 0.387 e. The molecule has 0 bridgehead atoms. The first-order chi connectivity index (χ1) is 12.5. The quantitative estimate of drug-likeness (QED) is 0.824. The van der Waals surface area contributed by atoms with Crippen LogP contribution in [0.3, 0.4) is 0 Å². The maximum Gasteiger partial charge on any atom is 0.387 e. The zero-order valence-corrected chi connectivity index (χ0v) is 14.5. The number of nitrogens with zero attached hydrogens (tertiary/aromatic N) is 3. The van der Waals surface area contributed by atoms with Gasteiger partial charge >= 0.3 is 6.61 Å². The van der Waals surface area contributed by atoms with E-state index in [2.05, 4.69) is 9.84 Å². The first-order valence-corrected chi connectivity index (χ1v) is 8.61. The van der Waals surface area contributed by atoms with Gasteiger partial charge in [0.05, 0.1) is 6.04 Å². The monoisotopic (exact) mass is 365 g/mol. The molecule has 1 unspecified atom stereocenters. The molecule has 6 nitrogen and oxygen atoms in total. The second-order valence-electron chi connectivity index (χ2n) is 6.46. The Kier molecular flexibility index (Phi) is 5.49. The molecule has 2 heterocycles. The highest BCUT2D eigenvalue weighted by molar-refractivity contribution is 5.82. The standard InChI is InChI=1S/C18H21F2N3O3/c1-12(24)22-10-7-14(8-11-22)17(25)23-16(6-9-21-23)13-2-4-15(5-3-13)26-18(19)20/h2-5,9,14,16,18H,6-8,10-11H2,1H3. The molecule has 1 aromatic carbocycles. The van der Waals surface area contributed by atoms with E-state index in [1.165, 1.54) is 24.1 Å². The van der Waals surface area contributed by atoms with Gasteiger partial charge in [0.25, 0.3) is 0 Å². The van der Waals surface area contributed by atoms with E-state index in [0.29, 0.717) is 32.4 Å². The number of amides is 2. The summed E-state index contributed by atoms with van der Waals surface area (Å²) >= 11 is 0. The lowest BCUT2D eigenvalue weighted by Gasteiger charge is -2.33. The summed E-state index contributed by atoms with van der Waals surface area (Å²) in [5.74, 6) is -0.110. The van der Waals surface area contributed by atoms with Crippen molar-refractivity contribution < 1.29 is 23.1 Å². The fraction of sp³-hybridized carbons (Fsp3) is 0.500. The van der Waals surface area contributed by atoms with Gasteiger partial charge in [0.1, 0.15) is 5.75 Å². The van der Waals surface area contributed by atoms with Crippen molar-refractivity contribution in [1.29, 1.82) is 0 Å². The molecule has 8 heteroatoms. The summed E-state index contributed by atoms with van der Waals surface area (Å²) in [5.41, 5.74) is 0.818. The predicted octanol–water partition coefficient (Wildman–Crippen LogP) is 2.81. The number of carbonyl (C=O) groups is 2. The SMILES string of the molecule is CC(=O)N1CCC(C(=O)N2N=CCC2c2ccc(OC(F)F)cc2)CC1. The van der Waals surface area contributed by atoms with Crippen LogP contribution in [0.1, 0.15) is 37.8 Å². The van der Waals surface area contributed by atoms with Gasteiger partial charge in [-0.3, -0.25) is 9.59 Å². The number of rotatable bonds is 4. The molecular formula is C18H21F2N3O3. The number of hydrogen-bond donors (Lipinski definition) is 0. The Hall–Kier alpha value is -2.51. The molecule has 0 aliphatic carbocycles. The number of alkyl halides is 2. The van der Waals surface area contributed by atoms with Crippen LogP contribution in [-0.2, 0) is 9.59 Å². The summed E-state index contributed by atoms with van der Waals surface area (Å²) in [6, 6.07) is 6.04. The second kappa shape index (κ2) is 7.80. The molecule has 1 atom stereocenters. The molecule has 0 aromatic heterocycles. The number of carbonyl (C=O) groups excluding carboxylic acids is 2. The van der Waals surface area contributed by atoms with Crippen LogP contribution in [-0.4, -0.2) is 47.6 Å². The van der Waals surface area contributed by atoms with Gasteiger partial charge in [-0.1, -0.05) is 12.1 Å². The minimum Gasteiger partial charge on any atom is -0.435 e. The minimum atomic E-state index is -2.87. The Morgan fingerprint density at radius 3 is 2.42 bits per heavy atom. The van der Waals surface area contributed by atoms with Crippen LogP contribution in [0.25, 0.3) is 0 Å². The summed E-state index contributed by atoms with van der Waals surface area (Å²) in [4.78, 5) is 26.0. The topological polar surface area (TPSA) is 62.2 Å². The molecule has 140 valence electrons. The lowest BCUT2D eigenvalue weighted by molar-refractivity contribution is -0.141. The van der Waals surface area contributed by atoms with E-state index in [9.17, 15) is 18.4 Å². The van der Waals surface area contributed by atoms with E-state index in [-0.39, 0.29) is 29.5 Å². The Labute approximate surface area is 150 Å². The highest BCUT2D eigenvalue weighted by Crippen LogP contribution is 2.32. The molecule has 3 rings (SSSR count). The van der Waals surface area contributed by atoms with Crippen molar-refractivity contribution in [2.24, 2.45) is 11.0 Å². The van der Waals surface area contributed by atoms with E-state index in [4.69, 9.17) is 0 Å². The molecule has 1 fully saturated rings. The first-order valence-electron chi connectivity index (χ1n) is 8.61. The van der Waals surface area contributed by atoms with Gasteiger partial charge in [-0.15, -0.1) is 0 Å². The molecule has 2 amide bonds. The predicted molar refractivity (Wildman–Crippen MR) is 90.7 cm³/mol. The van der Waals surface area contributed by atoms with E-state index < -0.39 is 6.61 Å². The highest BCUT2D eigenvalue weighted by atomic mass is 19.3. The van der Waals surface area contributed by atoms with Gasteiger partial charge in [0.2, 0.25) is 11.8 Å². The van der Waals surface area contributed by atoms with E-state index in [1.54, 1.807) is 23.2 Å². The van der Waals surface area contributed by atoms with Crippen LogP contribution in [0.4, 0.5) is 8.78 Å². The Morgan fingerprint density at radius 2 is 1.85 bits per heavy atom. The van der Waals surface area contributed by atoms with Gasteiger partial charge in [-0.25, -0.2) is 5.01 Å². The van der Waals surface area contributed by atoms with Crippen LogP contribution in [0.2, 0.25) is 0 Å². The van der Waals surface area contributed by atoms with Crippen LogP contribution in [0.15, 0.2) is 29.4 Å². The largest absolute Gasteiger partial charge is 0.435 e. The number of hydrogen-bond acceptors (Lipinski definition) is 4. The van der Waals surface area contributed by atoms with Crippen molar-refractivity contribution in [3.63, 3.8) is 0 Å². The molecule has 0 N–H and O–H groups in total. The molecule has 0 saturated carbocycles. The maximum absolute atomic E-state index is 12.9. The Balaban J connectivity index is 1.65. The maximum atomic E-state index is 12.9. The summed E-state index contributed by atoms with van der Waals surface area (Å²) in [6.07, 6.45) is 3.51. The van der Waals surface area contributed by atoms with Crippen molar-refractivity contribution in [2.45, 2.75) is 38.8 Å². The fourth-order valence-electron chi connectivity index (χ4n) is 3.40. The fourth-order valence-corrected chi connectivity index (χ4v) is 3.40. The van der Waals surface area contributed by atoms with Gasteiger partial charge in [0.15, 0.2) is 0 Å². The Morgan fingerprint density at radius 1 is 1.19 bits per heavy atom. The average Bonchev–Trinajstić information content (AvgIpc) is 3.11. The van der Waals surface area contributed by atoms with E-state index in [0.717, 1.165) is 5.56 Å². The number of likely N-dealkylation sites (tertiary alicyclic amines) is 1. The van der Waals surface area contributed by atoms with Crippen molar-refractivity contribution in [3.05, 3.63) is 29.8 Å². The Bertz CT molecular complexity index is 685. The number of halogens is 2. The van der Waals surface area contributed by atoms with Crippen LogP contribution in [0, 0.1) is 5.92 Å². The van der Waals surface area contributed by atoms with Gasteiger partial charge in [0, 0.05) is 38.6 Å². The lowest BCUT2D eigenvalue weighted by atomic mass is 9.94. The van der Waals surface area contributed by atoms with Gasteiger partial charge in [-0.2, -0.15) is 13.9 Å². The number of benzene rings is 1. The van der Waals surface area contributed by atoms with Crippen molar-refractivity contribution in [2.75, 3.05) is 13.1 Å². The molecule has 1 aromatic rings. The average molecular weight is 365 g/mol. The van der Waals surface area contributed by atoms with Crippen LogP contribution >= 0.6 is 0 Å². The van der Waals surface area contributed by atoms with Gasteiger partial charge in [-0.05, 0) is 30.5 Å². The van der Waals surface area contributed by atoms with Crippen LogP contribution < -0.4 is 4.74 Å². The molecule has 0 radical (unpaired) electrons. The number of ether oxygens (including phenoxy) is 1. The third-order valence-electron chi connectivity index (χ3n) is 4.84. The molecular weight excluding hydrogens is 344 g/mol. The van der Waals surface area contributed by atoms with Crippen molar-refractivity contribution >= 4 is 18.0 Å². The molecule has 2 aliphatic rings. The van der Waals surface area contributed by atoms with Crippen LogP contribution in [0.5, 0.6) is 5.75 Å².